The number of aromatic nitrogens is 5. The second-order valence-corrected chi connectivity index (χ2v) is 5.04. The van der Waals surface area contributed by atoms with Crippen molar-refractivity contribution in [1.82, 2.24) is 24.7 Å². The molecule has 1 N–H and O–H groups in total. The third kappa shape index (κ3) is 2.26. The topological polar surface area (TPSA) is 62.6 Å². The molecule has 0 saturated carbocycles. The van der Waals surface area contributed by atoms with Gasteiger partial charge in [-0.15, -0.1) is 10.2 Å². The van der Waals surface area contributed by atoms with Crippen LogP contribution in [0.3, 0.4) is 0 Å². The third-order valence-electron chi connectivity index (χ3n) is 3.51. The summed E-state index contributed by atoms with van der Waals surface area (Å²) in [5.74, 6) is 0.373. The van der Waals surface area contributed by atoms with Crippen LogP contribution in [0.1, 0.15) is 31.4 Å². The molecule has 114 valence electrons. The number of alkyl halides is 3. The Kier molecular flexibility index (Phi) is 3.14. The number of H-pyrrole nitrogens is 1. The molecule has 21 heavy (non-hydrogen) atoms. The Bertz CT molecular complexity index is 656. The Labute approximate surface area is 119 Å². The van der Waals surface area contributed by atoms with Gasteiger partial charge in [0.15, 0.2) is 11.6 Å². The molecule has 9 heteroatoms. The molecule has 1 aliphatic heterocycles. The molecule has 0 atom stereocenters. The second-order valence-electron chi connectivity index (χ2n) is 5.04. The largest absolute Gasteiger partial charge is 0.449 e. The maximum absolute atomic E-state index is 12.9. The van der Waals surface area contributed by atoms with Crippen LogP contribution in [0, 0.1) is 6.92 Å². The SMILES string of the molecule is CCCCN1Cn2c(C)nnc2-c2[nH]c(C(F)(F)F)nc21. The van der Waals surface area contributed by atoms with Gasteiger partial charge >= 0.3 is 6.18 Å². The molecule has 0 radical (unpaired) electrons. The molecule has 0 spiro atoms. The van der Waals surface area contributed by atoms with E-state index in [1.165, 1.54) is 0 Å². The van der Waals surface area contributed by atoms with Crippen LogP contribution >= 0.6 is 0 Å². The number of hydrogen-bond acceptors (Lipinski definition) is 4. The number of halogens is 3. The summed E-state index contributed by atoms with van der Waals surface area (Å²) in [6.07, 6.45) is -2.67. The van der Waals surface area contributed by atoms with Crippen molar-refractivity contribution < 1.29 is 13.2 Å². The van der Waals surface area contributed by atoms with Gasteiger partial charge in [-0.05, 0) is 13.3 Å². The summed E-state index contributed by atoms with van der Waals surface area (Å²) < 4.78 is 40.4. The van der Waals surface area contributed by atoms with E-state index < -0.39 is 12.0 Å². The van der Waals surface area contributed by atoms with Crippen molar-refractivity contribution in [3.63, 3.8) is 0 Å². The summed E-state index contributed by atoms with van der Waals surface area (Å²) in [7, 11) is 0. The van der Waals surface area contributed by atoms with E-state index in [0.717, 1.165) is 12.8 Å². The highest BCUT2D eigenvalue weighted by Crippen LogP contribution is 2.37. The van der Waals surface area contributed by atoms with Gasteiger partial charge in [0, 0.05) is 6.54 Å². The number of hydrogen-bond donors (Lipinski definition) is 1. The number of imidazole rings is 1. The summed E-state index contributed by atoms with van der Waals surface area (Å²) in [6, 6.07) is 0. The fourth-order valence-corrected chi connectivity index (χ4v) is 2.38. The predicted molar refractivity (Wildman–Crippen MR) is 69.6 cm³/mol. The molecule has 0 aliphatic carbocycles. The lowest BCUT2D eigenvalue weighted by atomic mass is 10.2. The van der Waals surface area contributed by atoms with Crippen molar-refractivity contribution in [3.05, 3.63) is 11.6 Å². The van der Waals surface area contributed by atoms with E-state index in [0.29, 0.717) is 30.7 Å². The van der Waals surface area contributed by atoms with Crippen molar-refractivity contribution in [2.45, 2.75) is 39.5 Å². The standard InChI is InChI=1S/C12H15F3N6/c1-3-4-5-20-6-21-7(2)18-19-10(21)8-9(20)17-11(16-8)12(13,14)15/h3-6H2,1-2H3,(H,16,17). The average Bonchev–Trinajstić information content (AvgIpc) is 3.00. The van der Waals surface area contributed by atoms with E-state index in [1.54, 1.807) is 11.5 Å². The van der Waals surface area contributed by atoms with Crippen LogP contribution in [0.2, 0.25) is 0 Å². The Balaban J connectivity index is 2.09. The molecule has 0 saturated heterocycles. The van der Waals surface area contributed by atoms with Gasteiger partial charge in [-0.25, -0.2) is 4.98 Å². The molecular formula is C12H15F3N6. The van der Waals surface area contributed by atoms with Crippen LogP contribution in [-0.2, 0) is 12.8 Å². The third-order valence-corrected chi connectivity index (χ3v) is 3.51. The van der Waals surface area contributed by atoms with Crippen LogP contribution in [0.5, 0.6) is 0 Å². The quantitative estimate of drug-likeness (QED) is 0.946. The zero-order valence-corrected chi connectivity index (χ0v) is 11.7. The minimum absolute atomic E-state index is 0.283. The number of anilines is 1. The first-order valence-electron chi connectivity index (χ1n) is 6.74. The lowest BCUT2D eigenvalue weighted by Gasteiger charge is -2.28. The number of rotatable bonds is 3. The number of nitrogens with zero attached hydrogens (tertiary/aromatic N) is 5. The van der Waals surface area contributed by atoms with Crippen molar-refractivity contribution in [3.8, 4) is 11.5 Å². The Morgan fingerprint density at radius 2 is 2.05 bits per heavy atom. The first-order chi connectivity index (χ1) is 9.91. The van der Waals surface area contributed by atoms with Crippen LogP contribution in [0.25, 0.3) is 11.5 Å². The van der Waals surface area contributed by atoms with E-state index in [-0.39, 0.29) is 5.69 Å². The van der Waals surface area contributed by atoms with Crippen LogP contribution in [0.4, 0.5) is 19.0 Å². The fraction of sp³-hybridized carbons (Fsp3) is 0.583. The van der Waals surface area contributed by atoms with Gasteiger partial charge in [0.1, 0.15) is 11.5 Å². The fourth-order valence-electron chi connectivity index (χ4n) is 2.38. The summed E-state index contributed by atoms with van der Waals surface area (Å²) in [5.41, 5.74) is 0.283. The summed E-state index contributed by atoms with van der Waals surface area (Å²) >= 11 is 0. The van der Waals surface area contributed by atoms with Gasteiger partial charge in [0.25, 0.3) is 0 Å². The van der Waals surface area contributed by atoms with E-state index in [4.69, 9.17) is 0 Å². The van der Waals surface area contributed by atoms with E-state index in [2.05, 4.69) is 20.2 Å². The monoisotopic (exact) mass is 300 g/mol. The molecule has 2 aromatic heterocycles. The minimum atomic E-state index is -4.51. The van der Waals surface area contributed by atoms with Crippen LogP contribution in [0.15, 0.2) is 0 Å². The van der Waals surface area contributed by atoms with Gasteiger partial charge in [0.05, 0.1) is 6.67 Å². The first-order valence-corrected chi connectivity index (χ1v) is 6.74. The number of fused-ring (bicyclic) bond motifs is 3. The van der Waals surface area contributed by atoms with Gasteiger partial charge in [-0.2, -0.15) is 13.2 Å². The van der Waals surface area contributed by atoms with E-state index in [9.17, 15) is 13.2 Å². The highest BCUT2D eigenvalue weighted by molar-refractivity contribution is 5.70. The van der Waals surface area contributed by atoms with Crippen molar-refractivity contribution in [1.29, 1.82) is 0 Å². The van der Waals surface area contributed by atoms with E-state index >= 15 is 0 Å². The average molecular weight is 300 g/mol. The molecule has 6 nitrogen and oxygen atoms in total. The highest BCUT2D eigenvalue weighted by Gasteiger charge is 2.39. The molecule has 0 fully saturated rings. The van der Waals surface area contributed by atoms with E-state index in [1.807, 2.05) is 11.8 Å². The zero-order valence-electron chi connectivity index (χ0n) is 11.7. The first kappa shape index (κ1) is 13.9. The maximum Gasteiger partial charge on any atom is 0.449 e. The van der Waals surface area contributed by atoms with Gasteiger partial charge in [0.2, 0.25) is 5.82 Å². The lowest BCUT2D eigenvalue weighted by molar-refractivity contribution is -0.144. The Morgan fingerprint density at radius 1 is 1.29 bits per heavy atom. The van der Waals surface area contributed by atoms with Gasteiger partial charge in [-0.3, -0.25) is 4.57 Å². The van der Waals surface area contributed by atoms with Gasteiger partial charge in [-0.1, -0.05) is 13.3 Å². The molecule has 3 rings (SSSR count). The number of aryl methyl sites for hydroxylation is 1. The van der Waals surface area contributed by atoms with Crippen molar-refractivity contribution >= 4 is 5.82 Å². The van der Waals surface area contributed by atoms with Crippen molar-refractivity contribution in [2.24, 2.45) is 0 Å². The second kappa shape index (κ2) is 4.74. The van der Waals surface area contributed by atoms with Crippen LogP contribution < -0.4 is 4.90 Å². The predicted octanol–water partition coefficient (Wildman–Crippen LogP) is 2.57. The number of nitrogens with one attached hydrogen (secondary N) is 1. The molecule has 0 unspecified atom stereocenters. The molecule has 1 aliphatic rings. The maximum atomic E-state index is 12.9. The zero-order chi connectivity index (χ0) is 15.2. The minimum Gasteiger partial charge on any atom is -0.336 e. The Morgan fingerprint density at radius 3 is 2.71 bits per heavy atom. The van der Waals surface area contributed by atoms with Crippen molar-refractivity contribution in [2.75, 3.05) is 11.4 Å². The lowest BCUT2D eigenvalue weighted by Crippen LogP contribution is -2.32. The summed E-state index contributed by atoms with van der Waals surface area (Å²) in [5, 5.41) is 7.90. The number of unbranched alkanes of at least 4 members (excludes halogenated alkanes) is 1. The van der Waals surface area contributed by atoms with Gasteiger partial charge < -0.3 is 9.88 Å². The smallest absolute Gasteiger partial charge is 0.336 e. The molecule has 3 heterocycles. The summed E-state index contributed by atoms with van der Waals surface area (Å²) in [6.45, 7) is 4.87. The summed E-state index contributed by atoms with van der Waals surface area (Å²) in [4.78, 5) is 7.90. The number of aromatic amines is 1. The van der Waals surface area contributed by atoms with Crippen LogP contribution in [-0.4, -0.2) is 31.3 Å². The Hall–Kier alpha value is -2.06. The highest BCUT2D eigenvalue weighted by atomic mass is 19.4. The molecule has 0 amide bonds. The normalized spacial score (nSPS) is 14.2. The molecule has 2 aromatic rings. The molecular weight excluding hydrogens is 285 g/mol. The molecule has 0 bridgehead atoms. The molecule has 0 aromatic carbocycles.